The summed E-state index contributed by atoms with van der Waals surface area (Å²) in [4.78, 5) is 3.57. The number of hydrogen-bond acceptors (Lipinski definition) is 3. The maximum Gasteiger partial charge on any atom is 0.284 e. The van der Waals surface area contributed by atoms with Crippen LogP contribution in [0.5, 0.6) is 0 Å². The lowest BCUT2D eigenvalue weighted by Crippen LogP contribution is -1.87. The van der Waals surface area contributed by atoms with Gasteiger partial charge in [-0.2, -0.15) is 0 Å². The Morgan fingerprint density at radius 2 is 2.56 bits per heavy atom. The minimum atomic E-state index is 0.271. The molecule has 0 amide bonds. The lowest BCUT2D eigenvalue weighted by molar-refractivity contribution is -0.325. The molecule has 1 rings (SSSR count). The van der Waals surface area contributed by atoms with E-state index in [2.05, 4.69) is 23.6 Å². The molecule has 0 aromatic carbocycles. The highest BCUT2D eigenvalue weighted by atomic mass is 32.1. The molecule has 1 aromatic heterocycles. The number of aromatic nitrogens is 1. The van der Waals surface area contributed by atoms with Crippen molar-refractivity contribution in [2.45, 2.75) is 0 Å². The molecule has 4 heteroatoms. The van der Waals surface area contributed by atoms with Crippen molar-refractivity contribution in [2.75, 3.05) is 0 Å². The van der Waals surface area contributed by atoms with Crippen LogP contribution in [0.4, 0.5) is 5.69 Å². The smallest absolute Gasteiger partial charge is 0.284 e. The minimum Gasteiger partial charge on any atom is -0.605 e. The predicted molar refractivity (Wildman–Crippen MR) is 33.7 cm³/mol. The van der Waals surface area contributed by atoms with E-state index in [4.69, 9.17) is 0 Å². The third-order valence-corrected chi connectivity index (χ3v) is 0.987. The summed E-state index contributed by atoms with van der Waals surface area (Å²) in [5, 5.41) is 10.3. The standard InChI is InChI=1S/C5H3N2OS/c8-7(9)5-2-1-3-6-4-5/h1-3H. The van der Waals surface area contributed by atoms with Crippen LogP contribution in [-0.2, 0) is 12.4 Å². The minimum absolute atomic E-state index is 0.271. The van der Waals surface area contributed by atoms with E-state index < -0.39 is 0 Å². The predicted octanol–water partition coefficient (Wildman–Crippen LogP) is 0.754. The van der Waals surface area contributed by atoms with Gasteiger partial charge in [0.2, 0.25) is 0 Å². The number of hydrogen-bond donors (Lipinski definition) is 0. The van der Waals surface area contributed by atoms with Gasteiger partial charge >= 0.3 is 0 Å². The van der Waals surface area contributed by atoms with Crippen molar-refractivity contribution in [2.24, 2.45) is 0 Å². The van der Waals surface area contributed by atoms with Crippen molar-refractivity contribution in [3.05, 3.63) is 29.7 Å². The van der Waals surface area contributed by atoms with Gasteiger partial charge in [0.1, 0.15) is 0 Å². The van der Waals surface area contributed by atoms with Crippen molar-refractivity contribution in [3.8, 4) is 0 Å². The molecule has 0 aliphatic rings. The quantitative estimate of drug-likeness (QED) is 0.426. The zero-order valence-corrected chi connectivity index (χ0v) is 5.26. The van der Waals surface area contributed by atoms with Crippen LogP contribution in [0, 0.1) is 11.4 Å². The van der Waals surface area contributed by atoms with E-state index in [0.717, 1.165) is 0 Å². The molecule has 0 bridgehead atoms. The number of pyridine rings is 1. The van der Waals surface area contributed by atoms with Gasteiger partial charge in [-0.1, -0.05) is 4.11 Å². The molecular weight excluding hydrogens is 136 g/mol. The normalized spacial score (nSPS) is 8.89. The monoisotopic (exact) mass is 139 g/mol. The maximum atomic E-state index is 10.3. The highest BCUT2D eigenvalue weighted by Crippen LogP contribution is 2.03. The second kappa shape index (κ2) is 2.50. The van der Waals surface area contributed by atoms with E-state index in [1.807, 2.05) is 0 Å². The van der Waals surface area contributed by atoms with E-state index in [1.54, 1.807) is 12.1 Å². The van der Waals surface area contributed by atoms with Gasteiger partial charge in [-0.15, -0.1) is 0 Å². The van der Waals surface area contributed by atoms with Gasteiger partial charge in [0.15, 0.2) is 6.20 Å². The lowest BCUT2D eigenvalue weighted by Gasteiger charge is -1.91. The van der Waals surface area contributed by atoms with E-state index in [1.165, 1.54) is 6.20 Å². The molecule has 0 aliphatic heterocycles. The molecule has 0 N–H and O–H groups in total. The van der Waals surface area contributed by atoms with Crippen molar-refractivity contribution in [3.63, 3.8) is 0 Å². The Hall–Kier alpha value is -1.03. The van der Waals surface area contributed by atoms with Gasteiger partial charge in [-0.25, -0.2) is 4.98 Å². The van der Waals surface area contributed by atoms with Gasteiger partial charge in [0, 0.05) is 12.3 Å². The van der Waals surface area contributed by atoms with E-state index in [0.29, 0.717) is 4.11 Å². The average molecular weight is 139 g/mol. The Morgan fingerprint density at radius 3 is 2.89 bits per heavy atom. The molecule has 0 aliphatic carbocycles. The molecule has 0 fully saturated rings. The largest absolute Gasteiger partial charge is 0.605 e. The first-order chi connectivity index (χ1) is 4.30. The Labute approximate surface area is 57.7 Å². The van der Waals surface area contributed by atoms with E-state index in [9.17, 15) is 5.21 Å². The zero-order valence-electron chi connectivity index (χ0n) is 4.44. The maximum absolute atomic E-state index is 10.3. The Balaban J connectivity index is 2.98. The zero-order chi connectivity index (χ0) is 6.69. The summed E-state index contributed by atoms with van der Waals surface area (Å²) in [5.74, 6) is 0. The molecule has 0 spiro atoms. The summed E-state index contributed by atoms with van der Waals surface area (Å²) in [6.07, 6.45) is 3.96. The van der Waals surface area contributed by atoms with Crippen LogP contribution in [0.15, 0.2) is 18.3 Å². The van der Waals surface area contributed by atoms with Crippen molar-refractivity contribution in [1.29, 1.82) is 0 Å². The fourth-order valence-electron chi connectivity index (χ4n) is 0.420. The fraction of sp³-hybridized carbons (Fsp3) is 0. The van der Waals surface area contributed by atoms with Gasteiger partial charge in [0.05, 0.1) is 0 Å². The van der Waals surface area contributed by atoms with Crippen LogP contribution in [-0.4, -0.2) is 9.09 Å². The van der Waals surface area contributed by atoms with Gasteiger partial charge in [-0.05, 0) is 6.07 Å². The molecule has 0 unspecified atom stereocenters. The lowest BCUT2D eigenvalue weighted by atomic mass is 10.4. The van der Waals surface area contributed by atoms with Crippen LogP contribution in [0.2, 0.25) is 0 Å². The fourth-order valence-corrected chi connectivity index (χ4v) is 0.521. The van der Waals surface area contributed by atoms with Gasteiger partial charge < -0.3 is 5.21 Å². The molecule has 1 heterocycles. The summed E-state index contributed by atoms with van der Waals surface area (Å²) in [7, 11) is 0. The van der Waals surface area contributed by atoms with Crippen LogP contribution >= 0.6 is 0 Å². The summed E-state index contributed by atoms with van der Waals surface area (Å²) < 4.78 is 0.299. The number of nitrogens with zero attached hydrogens (tertiary/aromatic N) is 2. The van der Waals surface area contributed by atoms with Gasteiger partial charge in [0.25, 0.3) is 18.1 Å². The molecule has 0 saturated carbocycles. The van der Waals surface area contributed by atoms with E-state index in [-0.39, 0.29) is 5.69 Å². The summed E-state index contributed by atoms with van der Waals surface area (Å²) in [5.41, 5.74) is 0.271. The van der Waals surface area contributed by atoms with Crippen molar-refractivity contribution >= 4 is 18.1 Å². The SMILES string of the molecule is [O-][N+](=S)c1[c]nccc1. The molecule has 45 valence electrons. The molecule has 0 atom stereocenters. The Kier molecular flexibility index (Phi) is 1.69. The second-order valence-electron chi connectivity index (χ2n) is 1.39. The topological polar surface area (TPSA) is 39.0 Å². The van der Waals surface area contributed by atoms with Gasteiger partial charge in [-0.3, -0.25) is 0 Å². The highest BCUT2D eigenvalue weighted by molar-refractivity contribution is 7.44. The molecular formula is C5H3N2OS. The van der Waals surface area contributed by atoms with Crippen molar-refractivity contribution < 1.29 is 4.11 Å². The van der Waals surface area contributed by atoms with Crippen molar-refractivity contribution in [1.82, 2.24) is 4.98 Å². The van der Waals surface area contributed by atoms with Crippen LogP contribution in [0.25, 0.3) is 0 Å². The Morgan fingerprint density at radius 1 is 1.78 bits per heavy atom. The third-order valence-electron chi connectivity index (χ3n) is 0.790. The second-order valence-corrected chi connectivity index (χ2v) is 1.72. The van der Waals surface area contributed by atoms with Crippen LogP contribution in [0.1, 0.15) is 0 Å². The average Bonchev–Trinajstić information content (AvgIpc) is 1.90. The molecule has 3 nitrogen and oxygen atoms in total. The summed E-state index contributed by atoms with van der Waals surface area (Å²) in [6.45, 7) is 0. The number of rotatable bonds is 1. The first-order valence-corrected chi connectivity index (χ1v) is 2.64. The van der Waals surface area contributed by atoms with E-state index >= 15 is 0 Å². The highest BCUT2D eigenvalue weighted by Gasteiger charge is 1.96. The first kappa shape index (κ1) is 6.10. The first-order valence-electron chi connectivity index (χ1n) is 2.28. The van der Waals surface area contributed by atoms with Crippen LogP contribution < -0.4 is 0 Å². The molecule has 9 heavy (non-hydrogen) atoms. The third kappa shape index (κ3) is 1.43. The Bertz CT molecular complexity index is 211. The molecule has 1 aromatic rings. The molecule has 1 radical (unpaired) electrons. The summed E-state index contributed by atoms with van der Waals surface area (Å²) in [6, 6.07) is 3.18. The van der Waals surface area contributed by atoms with Crippen LogP contribution in [0.3, 0.4) is 0 Å². The summed E-state index contributed by atoms with van der Waals surface area (Å²) >= 11 is 4.25. The molecule has 0 saturated heterocycles.